The average Bonchev–Trinajstić information content (AvgIpc) is 2.77. The van der Waals surface area contributed by atoms with E-state index in [1.165, 1.54) is 0 Å². The van der Waals surface area contributed by atoms with Crippen LogP contribution in [0, 0.1) is 12.3 Å². The molecule has 2 heteroatoms. The minimum Gasteiger partial charge on any atom is -0.267 e. The molecule has 3 aromatic rings. The molecule has 0 saturated heterocycles. The first kappa shape index (κ1) is 10.6. The monoisotopic (exact) mass is 232 g/mol. The van der Waals surface area contributed by atoms with Crippen LogP contribution in [0.1, 0.15) is 5.56 Å². The predicted octanol–water partition coefficient (Wildman–Crippen LogP) is 3.22. The van der Waals surface area contributed by atoms with Crippen molar-refractivity contribution < 1.29 is 0 Å². The second-order valence-electron chi connectivity index (χ2n) is 4.21. The number of aryl methyl sites for hydroxylation is 1. The van der Waals surface area contributed by atoms with Gasteiger partial charge in [0.25, 0.3) is 0 Å². The van der Waals surface area contributed by atoms with Crippen molar-refractivity contribution in [2.24, 2.45) is 7.05 Å². The summed E-state index contributed by atoms with van der Waals surface area (Å²) in [6, 6.07) is 16.1. The van der Waals surface area contributed by atoms with Gasteiger partial charge in [0.15, 0.2) is 0 Å². The highest BCUT2D eigenvalue weighted by Crippen LogP contribution is 2.27. The molecule has 0 amide bonds. The molecule has 0 unspecified atom stereocenters. The average molecular weight is 232 g/mol. The molecular weight excluding hydrogens is 220 g/mol. The molecule has 0 radical (unpaired) electrons. The van der Waals surface area contributed by atoms with Gasteiger partial charge in [-0.2, -0.15) is 5.10 Å². The number of aromatic nitrogens is 2. The molecule has 0 aliphatic rings. The van der Waals surface area contributed by atoms with E-state index in [0.29, 0.717) is 0 Å². The molecule has 86 valence electrons. The number of hydrogen-bond donors (Lipinski definition) is 0. The van der Waals surface area contributed by atoms with Crippen molar-refractivity contribution in [1.29, 1.82) is 0 Å². The third kappa shape index (κ3) is 1.57. The summed E-state index contributed by atoms with van der Waals surface area (Å²) in [6.45, 7) is 0. The Hall–Kier alpha value is -2.53. The van der Waals surface area contributed by atoms with E-state index in [2.05, 4.69) is 23.2 Å². The summed E-state index contributed by atoms with van der Waals surface area (Å²) in [7, 11) is 1.96. The topological polar surface area (TPSA) is 17.8 Å². The number of nitrogens with zero attached hydrogens (tertiary/aromatic N) is 2. The van der Waals surface area contributed by atoms with Crippen LogP contribution in [-0.4, -0.2) is 9.78 Å². The van der Waals surface area contributed by atoms with Gasteiger partial charge in [-0.3, -0.25) is 4.68 Å². The van der Waals surface area contributed by atoms with Gasteiger partial charge in [-0.05, 0) is 18.2 Å². The first-order valence-corrected chi connectivity index (χ1v) is 5.78. The molecule has 2 aromatic carbocycles. The van der Waals surface area contributed by atoms with E-state index in [-0.39, 0.29) is 0 Å². The van der Waals surface area contributed by atoms with Crippen LogP contribution in [0.15, 0.2) is 48.5 Å². The van der Waals surface area contributed by atoms with Crippen LogP contribution in [0.25, 0.3) is 22.2 Å². The highest BCUT2D eigenvalue weighted by atomic mass is 15.3. The van der Waals surface area contributed by atoms with Gasteiger partial charge in [-0.25, -0.2) is 0 Å². The quantitative estimate of drug-likeness (QED) is 0.589. The molecule has 2 nitrogen and oxygen atoms in total. The van der Waals surface area contributed by atoms with Gasteiger partial charge in [-0.15, -0.1) is 6.42 Å². The predicted molar refractivity (Wildman–Crippen MR) is 74.1 cm³/mol. The van der Waals surface area contributed by atoms with Gasteiger partial charge < -0.3 is 0 Å². The zero-order valence-electron chi connectivity index (χ0n) is 10.1. The second-order valence-corrected chi connectivity index (χ2v) is 4.21. The van der Waals surface area contributed by atoms with Crippen LogP contribution in [0.2, 0.25) is 0 Å². The Morgan fingerprint density at radius 2 is 1.78 bits per heavy atom. The van der Waals surface area contributed by atoms with Crippen LogP contribution in [0.3, 0.4) is 0 Å². The van der Waals surface area contributed by atoms with Gasteiger partial charge in [0.2, 0.25) is 0 Å². The minimum absolute atomic E-state index is 0.888. The Bertz CT molecular complexity index is 743. The number of rotatable bonds is 1. The van der Waals surface area contributed by atoms with E-state index in [4.69, 9.17) is 6.42 Å². The Kier molecular flexibility index (Phi) is 2.39. The van der Waals surface area contributed by atoms with E-state index in [1.807, 2.05) is 48.1 Å². The van der Waals surface area contributed by atoms with Crippen molar-refractivity contribution >= 4 is 10.9 Å². The first-order chi connectivity index (χ1) is 8.79. The smallest absolute Gasteiger partial charge is 0.100 e. The van der Waals surface area contributed by atoms with Crippen molar-refractivity contribution in [3.05, 3.63) is 54.1 Å². The highest BCUT2D eigenvalue weighted by Gasteiger charge is 2.09. The van der Waals surface area contributed by atoms with E-state index in [1.54, 1.807) is 0 Å². The number of benzene rings is 2. The fourth-order valence-corrected chi connectivity index (χ4v) is 2.15. The van der Waals surface area contributed by atoms with Gasteiger partial charge in [0, 0.05) is 23.6 Å². The lowest BCUT2D eigenvalue weighted by molar-refractivity contribution is 0.800. The summed E-state index contributed by atoms with van der Waals surface area (Å²) in [5.41, 5.74) is 4.11. The summed E-state index contributed by atoms with van der Waals surface area (Å²) >= 11 is 0. The maximum absolute atomic E-state index is 5.36. The first-order valence-electron chi connectivity index (χ1n) is 5.78. The SMILES string of the molecule is C#Cc1ccc(-c2nn(C)c3ccccc23)cc1. The molecule has 1 heterocycles. The van der Waals surface area contributed by atoms with Crippen molar-refractivity contribution in [2.45, 2.75) is 0 Å². The van der Waals surface area contributed by atoms with Crippen molar-refractivity contribution in [3.63, 3.8) is 0 Å². The van der Waals surface area contributed by atoms with E-state index in [9.17, 15) is 0 Å². The van der Waals surface area contributed by atoms with Crippen LogP contribution < -0.4 is 0 Å². The van der Waals surface area contributed by atoms with Crippen LogP contribution in [0.5, 0.6) is 0 Å². The van der Waals surface area contributed by atoms with Crippen molar-refractivity contribution in [3.8, 4) is 23.6 Å². The molecule has 0 aliphatic carbocycles. The maximum atomic E-state index is 5.36. The van der Waals surface area contributed by atoms with Gasteiger partial charge in [0.1, 0.15) is 5.69 Å². The number of para-hydroxylation sites is 1. The Morgan fingerprint density at radius 1 is 1.06 bits per heavy atom. The zero-order valence-corrected chi connectivity index (χ0v) is 10.1. The third-order valence-electron chi connectivity index (χ3n) is 3.08. The van der Waals surface area contributed by atoms with Crippen LogP contribution in [0.4, 0.5) is 0 Å². The lowest BCUT2D eigenvalue weighted by Gasteiger charge is -1.98. The van der Waals surface area contributed by atoms with E-state index < -0.39 is 0 Å². The summed E-state index contributed by atoms with van der Waals surface area (Å²) < 4.78 is 1.90. The summed E-state index contributed by atoms with van der Waals surface area (Å²) in [5.74, 6) is 2.62. The van der Waals surface area contributed by atoms with Crippen molar-refractivity contribution in [1.82, 2.24) is 9.78 Å². The van der Waals surface area contributed by atoms with E-state index in [0.717, 1.165) is 27.7 Å². The Morgan fingerprint density at radius 3 is 2.50 bits per heavy atom. The molecule has 1 aromatic heterocycles. The van der Waals surface area contributed by atoms with Crippen LogP contribution >= 0.6 is 0 Å². The fourth-order valence-electron chi connectivity index (χ4n) is 2.15. The van der Waals surface area contributed by atoms with E-state index >= 15 is 0 Å². The van der Waals surface area contributed by atoms with Crippen LogP contribution in [-0.2, 0) is 7.05 Å². The Balaban J connectivity index is 2.22. The fraction of sp³-hybridized carbons (Fsp3) is 0.0625. The molecule has 0 aliphatic heterocycles. The van der Waals surface area contributed by atoms with Gasteiger partial charge in [-0.1, -0.05) is 36.3 Å². The minimum atomic E-state index is 0.888. The normalized spacial score (nSPS) is 10.4. The van der Waals surface area contributed by atoms with Crippen molar-refractivity contribution in [2.75, 3.05) is 0 Å². The molecule has 0 atom stereocenters. The molecule has 18 heavy (non-hydrogen) atoms. The lowest BCUT2D eigenvalue weighted by Crippen LogP contribution is -1.89. The lowest BCUT2D eigenvalue weighted by atomic mass is 10.1. The molecule has 0 bridgehead atoms. The number of terminal acetylenes is 1. The zero-order chi connectivity index (χ0) is 12.5. The largest absolute Gasteiger partial charge is 0.267 e. The molecule has 3 rings (SSSR count). The summed E-state index contributed by atoms with van der Waals surface area (Å²) in [4.78, 5) is 0. The second kappa shape index (κ2) is 4.05. The molecule has 0 fully saturated rings. The standard InChI is InChI=1S/C16H12N2/c1-3-12-8-10-13(11-9-12)16-14-6-4-5-7-15(14)18(2)17-16/h1,4-11H,2H3. The molecule has 0 saturated carbocycles. The highest BCUT2D eigenvalue weighted by molar-refractivity contribution is 5.93. The molecular formula is C16H12N2. The summed E-state index contributed by atoms with van der Waals surface area (Å²) in [6.07, 6.45) is 5.36. The summed E-state index contributed by atoms with van der Waals surface area (Å²) in [5, 5.41) is 5.74. The van der Waals surface area contributed by atoms with Gasteiger partial charge in [0.05, 0.1) is 5.52 Å². The van der Waals surface area contributed by atoms with Gasteiger partial charge >= 0.3 is 0 Å². The number of fused-ring (bicyclic) bond motifs is 1. The Labute approximate surface area is 106 Å². The maximum Gasteiger partial charge on any atom is 0.100 e. The molecule has 0 N–H and O–H groups in total. The molecule has 0 spiro atoms. The number of hydrogen-bond acceptors (Lipinski definition) is 1. The third-order valence-corrected chi connectivity index (χ3v) is 3.08.